The van der Waals surface area contributed by atoms with E-state index in [2.05, 4.69) is 5.32 Å². The molecule has 0 spiro atoms. The van der Waals surface area contributed by atoms with E-state index in [1.807, 2.05) is 5.32 Å². The Morgan fingerprint density at radius 3 is 2.22 bits per heavy atom. The van der Waals surface area contributed by atoms with Crippen LogP contribution in [0.4, 0.5) is 17.6 Å². The Labute approximate surface area is 155 Å². The Hall–Kier alpha value is -2.12. The van der Waals surface area contributed by atoms with Gasteiger partial charge in [0.1, 0.15) is 11.9 Å². The van der Waals surface area contributed by atoms with Crippen LogP contribution in [0.15, 0.2) is 24.3 Å². The quantitative estimate of drug-likeness (QED) is 0.723. The highest BCUT2D eigenvalue weighted by Crippen LogP contribution is 2.32. The fraction of sp³-hybridized carbons (Fsp3) is 0.579. The smallest absolute Gasteiger partial charge is 0.345 e. The first-order chi connectivity index (χ1) is 12.7. The van der Waals surface area contributed by atoms with Gasteiger partial charge in [-0.15, -0.1) is 0 Å². The molecule has 2 rings (SSSR count). The highest BCUT2D eigenvalue weighted by Gasteiger charge is 2.42. The van der Waals surface area contributed by atoms with Gasteiger partial charge in [0.25, 0.3) is 0 Å². The first-order valence-electron chi connectivity index (χ1n) is 9.08. The van der Waals surface area contributed by atoms with Crippen LogP contribution in [0.25, 0.3) is 0 Å². The van der Waals surface area contributed by atoms with Crippen molar-refractivity contribution in [2.24, 2.45) is 5.92 Å². The molecule has 0 saturated heterocycles. The average molecular weight is 388 g/mol. The maximum absolute atomic E-state index is 13.3. The van der Waals surface area contributed by atoms with Gasteiger partial charge in [0, 0.05) is 6.42 Å². The minimum atomic E-state index is -4.75. The minimum absolute atomic E-state index is 0.260. The summed E-state index contributed by atoms with van der Waals surface area (Å²) >= 11 is 0. The molecule has 1 aliphatic rings. The molecule has 0 aliphatic heterocycles. The van der Waals surface area contributed by atoms with Crippen LogP contribution < -0.4 is 10.6 Å². The van der Waals surface area contributed by atoms with Crippen LogP contribution in [-0.4, -0.2) is 24.0 Å². The lowest BCUT2D eigenvalue weighted by Gasteiger charge is -2.25. The zero-order valence-corrected chi connectivity index (χ0v) is 15.1. The molecule has 4 nitrogen and oxygen atoms in total. The molecule has 1 aromatic rings. The molecule has 1 fully saturated rings. The molecule has 0 radical (unpaired) electrons. The van der Waals surface area contributed by atoms with Crippen LogP contribution in [0.2, 0.25) is 0 Å². The summed E-state index contributed by atoms with van der Waals surface area (Å²) in [4.78, 5) is 24.2. The van der Waals surface area contributed by atoms with Gasteiger partial charge in [-0.2, -0.15) is 13.2 Å². The van der Waals surface area contributed by atoms with Crippen molar-refractivity contribution in [2.45, 2.75) is 63.7 Å². The number of halogens is 4. The van der Waals surface area contributed by atoms with Crippen LogP contribution >= 0.6 is 0 Å². The van der Waals surface area contributed by atoms with Gasteiger partial charge < -0.3 is 10.6 Å². The molecule has 1 aromatic carbocycles. The summed E-state index contributed by atoms with van der Waals surface area (Å²) in [5.41, 5.74) is -0.280. The molecule has 8 heteroatoms. The Morgan fingerprint density at radius 2 is 1.67 bits per heavy atom. The molecule has 0 bridgehead atoms. The van der Waals surface area contributed by atoms with Crippen LogP contribution in [0.3, 0.4) is 0 Å². The van der Waals surface area contributed by atoms with Crippen molar-refractivity contribution in [2.75, 3.05) is 0 Å². The van der Waals surface area contributed by atoms with E-state index in [9.17, 15) is 27.2 Å². The van der Waals surface area contributed by atoms with Crippen molar-refractivity contribution in [3.8, 4) is 0 Å². The Morgan fingerprint density at radius 1 is 1.07 bits per heavy atom. The van der Waals surface area contributed by atoms with Gasteiger partial charge in [-0.1, -0.05) is 31.4 Å². The molecule has 2 atom stereocenters. The SMILES string of the molecule is CC(NC(=O)CC1CCCCC1)C(=O)NC(c1ccc(F)cc1)C(F)(F)F. The molecule has 2 unspecified atom stereocenters. The number of amides is 2. The number of carbonyl (C=O) groups is 2. The van der Waals surface area contributed by atoms with Crippen molar-refractivity contribution in [1.29, 1.82) is 0 Å². The Bertz CT molecular complexity index is 640. The maximum Gasteiger partial charge on any atom is 0.412 e. The lowest BCUT2D eigenvalue weighted by Crippen LogP contribution is -2.48. The number of hydrogen-bond acceptors (Lipinski definition) is 2. The largest absolute Gasteiger partial charge is 0.412 e. The van der Waals surface area contributed by atoms with Gasteiger partial charge in [0.2, 0.25) is 11.8 Å². The second-order valence-electron chi connectivity index (χ2n) is 7.03. The summed E-state index contributed by atoms with van der Waals surface area (Å²) in [6.45, 7) is 1.34. The molecule has 1 aliphatic carbocycles. The Balaban J connectivity index is 1.95. The van der Waals surface area contributed by atoms with Crippen molar-refractivity contribution in [3.63, 3.8) is 0 Å². The number of nitrogens with one attached hydrogen (secondary N) is 2. The van der Waals surface area contributed by atoms with Gasteiger partial charge in [-0.3, -0.25) is 9.59 Å². The molecule has 1 saturated carbocycles. The lowest BCUT2D eigenvalue weighted by molar-refractivity contribution is -0.164. The molecule has 2 N–H and O–H groups in total. The summed E-state index contributed by atoms with van der Waals surface area (Å²) in [5.74, 6) is -1.70. The summed E-state index contributed by atoms with van der Waals surface area (Å²) < 4.78 is 52.9. The molecule has 0 aromatic heterocycles. The predicted octanol–water partition coefficient (Wildman–Crippen LogP) is 4.02. The summed E-state index contributed by atoms with van der Waals surface area (Å²) in [7, 11) is 0. The highest BCUT2D eigenvalue weighted by atomic mass is 19.4. The second kappa shape index (κ2) is 9.19. The first kappa shape index (κ1) is 21.2. The van der Waals surface area contributed by atoms with Crippen LogP contribution in [0, 0.1) is 11.7 Å². The molecule has 150 valence electrons. The number of rotatable bonds is 6. The van der Waals surface area contributed by atoms with E-state index in [0.717, 1.165) is 56.4 Å². The van der Waals surface area contributed by atoms with Gasteiger partial charge in [0.15, 0.2) is 6.04 Å². The van der Waals surface area contributed by atoms with Crippen molar-refractivity contribution in [3.05, 3.63) is 35.6 Å². The lowest BCUT2D eigenvalue weighted by atomic mass is 9.87. The molecule has 27 heavy (non-hydrogen) atoms. The maximum atomic E-state index is 13.3. The van der Waals surface area contributed by atoms with Crippen molar-refractivity contribution < 1.29 is 27.2 Å². The van der Waals surface area contributed by atoms with E-state index in [4.69, 9.17) is 0 Å². The normalized spacial score (nSPS) is 17.8. The van der Waals surface area contributed by atoms with Gasteiger partial charge in [-0.05, 0) is 43.4 Å². The van der Waals surface area contributed by atoms with Crippen LogP contribution in [-0.2, 0) is 9.59 Å². The third-order valence-corrected chi connectivity index (χ3v) is 4.79. The topological polar surface area (TPSA) is 58.2 Å². The van der Waals surface area contributed by atoms with Crippen LogP contribution in [0.1, 0.15) is 57.1 Å². The van der Waals surface area contributed by atoms with E-state index in [0.29, 0.717) is 0 Å². The minimum Gasteiger partial charge on any atom is -0.345 e. The van der Waals surface area contributed by atoms with Crippen molar-refractivity contribution in [1.82, 2.24) is 10.6 Å². The fourth-order valence-electron chi connectivity index (χ4n) is 3.30. The summed E-state index contributed by atoms with van der Waals surface area (Å²) in [6, 6.07) is 0.362. The van der Waals surface area contributed by atoms with Gasteiger partial charge in [-0.25, -0.2) is 4.39 Å². The third kappa shape index (κ3) is 6.52. The van der Waals surface area contributed by atoms with E-state index in [-0.39, 0.29) is 23.8 Å². The van der Waals surface area contributed by atoms with E-state index >= 15 is 0 Å². The monoisotopic (exact) mass is 388 g/mol. The zero-order valence-electron chi connectivity index (χ0n) is 15.1. The summed E-state index contributed by atoms with van der Waals surface area (Å²) in [5, 5.41) is 4.37. The first-order valence-corrected chi connectivity index (χ1v) is 9.08. The highest BCUT2D eigenvalue weighted by molar-refractivity contribution is 5.87. The number of benzene rings is 1. The second-order valence-corrected chi connectivity index (χ2v) is 7.03. The number of hydrogen-bond donors (Lipinski definition) is 2. The number of alkyl halides is 3. The van der Waals surface area contributed by atoms with Gasteiger partial charge in [0.05, 0.1) is 0 Å². The van der Waals surface area contributed by atoms with E-state index in [1.54, 1.807) is 0 Å². The standard InChI is InChI=1S/C19H24F4N2O2/c1-12(24-16(26)11-13-5-3-2-4-6-13)18(27)25-17(19(21,22)23)14-7-9-15(20)10-8-14/h7-10,12-13,17H,2-6,11H2,1H3,(H,24,26)(H,25,27). The van der Waals surface area contributed by atoms with E-state index < -0.39 is 30.0 Å². The molecule has 2 amide bonds. The average Bonchev–Trinajstić information content (AvgIpc) is 2.60. The fourth-order valence-corrected chi connectivity index (χ4v) is 3.30. The summed E-state index contributed by atoms with van der Waals surface area (Å²) in [6.07, 6.45) is 0.720. The Kier molecular flexibility index (Phi) is 7.21. The van der Waals surface area contributed by atoms with Crippen LogP contribution in [0.5, 0.6) is 0 Å². The zero-order chi connectivity index (χ0) is 20.0. The van der Waals surface area contributed by atoms with Crippen molar-refractivity contribution >= 4 is 11.8 Å². The van der Waals surface area contributed by atoms with E-state index in [1.165, 1.54) is 6.92 Å². The molecular formula is C19H24F4N2O2. The third-order valence-electron chi connectivity index (χ3n) is 4.79. The predicted molar refractivity (Wildman–Crippen MR) is 92.1 cm³/mol. The van der Waals surface area contributed by atoms with Gasteiger partial charge >= 0.3 is 6.18 Å². The molecular weight excluding hydrogens is 364 g/mol. The number of carbonyl (C=O) groups excluding carboxylic acids is 2. The molecule has 0 heterocycles.